The van der Waals surface area contributed by atoms with Crippen LogP contribution in [0.1, 0.15) is 34.5 Å². The quantitative estimate of drug-likeness (QED) is 0.666. The molecule has 0 saturated carbocycles. The van der Waals surface area contributed by atoms with Gasteiger partial charge < -0.3 is 10.6 Å². The first kappa shape index (κ1) is 19.3. The van der Waals surface area contributed by atoms with Gasteiger partial charge in [0.1, 0.15) is 5.82 Å². The molecule has 0 fully saturated rings. The fraction of sp³-hybridized carbons (Fsp3) is 0.130. The van der Waals surface area contributed by atoms with Crippen molar-refractivity contribution in [3.05, 3.63) is 101 Å². The van der Waals surface area contributed by atoms with Crippen molar-refractivity contribution >= 4 is 17.5 Å². The first-order valence-corrected chi connectivity index (χ1v) is 9.02. The molecule has 1 atom stereocenters. The van der Waals surface area contributed by atoms with Gasteiger partial charge in [0.2, 0.25) is 5.91 Å². The molecule has 3 rings (SSSR count). The minimum absolute atomic E-state index is 0.108. The standard InChI is InChI=1S/C23H21FN2O2/c1-16(17-9-3-2-4-10-17)25-23(28)19-12-6-8-14-21(19)26-22(27)15-18-11-5-7-13-20(18)24/h2-14,16H,15H2,1H3,(H,25,28)(H,26,27)/t16-/m0/s1. The Labute approximate surface area is 163 Å². The molecular formula is C23H21FN2O2. The normalized spacial score (nSPS) is 11.5. The zero-order valence-corrected chi connectivity index (χ0v) is 15.5. The molecule has 5 heteroatoms. The number of hydrogen-bond acceptors (Lipinski definition) is 2. The van der Waals surface area contributed by atoms with Crippen LogP contribution in [0.15, 0.2) is 78.9 Å². The molecule has 0 aliphatic carbocycles. The highest BCUT2D eigenvalue weighted by molar-refractivity contribution is 6.04. The largest absolute Gasteiger partial charge is 0.345 e. The van der Waals surface area contributed by atoms with Gasteiger partial charge in [-0.1, -0.05) is 60.7 Å². The summed E-state index contributed by atoms with van der Waals surface area (Å²) in [6, 6.07) is 22.3. The van der Waals surface area contributed by atoms with Gasteiger partial charge in [0.25, 0.3) is 5.91 Å². The Bertz CT molecular complexity index is 973. The Hall–Kier alpha value is -3.47. The van der Waals surface area contributed by atoms with E-state index in [2.05, 4.69) is 10.6 Å². The molecular weight excluding hydrogens is 355 g/mol. The van der Waals surface area contributed by atoms with E-state index in [9.17, 15) is 14.0 Å². The van der Waals surface area contributed by atoms with E-state index in [1.807, 2.05) is 37.3 Å². The molecule has 28 heavy (non-hydrogen) atoms. The Morgan fingerprint density at radius 1 is 0.893 bits per heavy atom. The smallest absolute Gasteiger partial charge is 0.253 e. The van der Waals surface area contributed by atoms with Gasteiger partial charge in [-0.3, -0.25) is 9.59 Å². The molecule has 0 aromatic heterocycles. The number of amides is 2. The van der Waals surface area contributed by atoms with E-state index >= 15 is 0 Å². The van der Waals surface area contributed by atoms with Gasteiger partial charge in [-0.15, -0.1) is 0 Å². The van der Waals surface area contributed by atoms with Gasteiger partial charge >= 0.3 is 0 Å². The third-order valence-corrected chi connectivity index (χ3v) is 4.40. The lowest BCUT2D eigenvalue weighted by molar-refractivity contribution is -0.115. The first-order valence-electron chi connectivity index (χ1n) is 9.02. The fourth-order valence-corrected chi connectivity index (χ4v) is 2.90. The molecule has 4 nitrogen and oxygen atoms in total. The van der Waals surface area contributed by atoms with Gasteiger partial charge in [-0.2, -0.15) is 0 Å². The van der Waals surface area contributed by atoms with E-state index < -0.39 is 5.82 Å². The monoisotopic (exact) mass is 376 g/mol. The summed E-state index contributed by atoms with van der Waals surface area (Å²) in [5.74, 6) is -1.11. The number of halogens is 1. The Balaban J connectivity index is 1.71. The topological polar surface area (TPSA) is 58.2 Å². The van der Waals surface area contributed by atoms with Crippen LogP contribution in [0.4, 0.5) is 10.1 Å². The predicted octanol–water partition coefficient (Wildman–Crippen LogP) is 4.50. The second kappa shape index (κ2) is 8.95. The van der Waals surface area contributed by atoms with E-state index in [-0.39, 0.29) is 24.3 Å². The zero-order valence-electron chi connectivity index (χ0n) is 15.5. The molecule has 142 valence electrons. The van der Waals surface area contributed by atoms with Crippen LogP contribution in [0, 0.1) is 5.82 Å². The van der Waals surface area contributed by atoms with Gasteiger partial charge in [-0.05, 0) is 36.2 Å². The Morgan fingerprint density at radius 3 is 2.29 bits per heavy atom. The molecule has 3 aromatic rings. The molecule has 2 N–H and O–H groups in total. The third kappa shape index (κ3) is 4.82. The maximum atomic E-state index is 13.8. The number of nitrogens with one attached hydrogen (secondary N) is 2. The number of anilines is 1. The van der Waals surface area contributed by atoms with Crippen LogP contribution >= 0.6 is 0 Å². The summed E-state index contributed by atoms with van der Waals surface area (Å²) < 4.78 is 13.8. The Kier molecular flexibility index (Phi) is 6.17. The lowest BCUT2D eigenvalue weighted by Gasteiger charge is -2.16. The van der Waals surface area contributed by atoms with Crippen LogP contribution in [0.25, 0.3) is 0 Å². The third-order valence-electron chi connectivity index (χ3n) is 4.40. The highest BCUT2D eigenvalue weighted by Gasteiger charge is 2.16. The predicted molar refractivity (Wildman–Crippen MR) is 107 cm³/mol. The van der Waals surface area contributed by atoms with Crippen molar-refractivity contribution in [3.63, 3.8) is 0 Å². The number of carbonyl (C=O) groups excluding carboxylic acids is 2. The number of hydrogen-bond donors (Lipinski definition) is 2. The van der Waals surface area contributed by atoms with Crippen molar-refractivity contribution in [1.82, 2.24) is 5.32 Å². The average molecular weight is 376 g/mol. The summed E-state index contributed by atoms with van der Waals surface area (Å²) in [6.45, 7) is 1.90. The highest BCUT2D eigenvalue weighted by Crippen LogP contribution is 2.18. The van der Waals surface area contributed by atoms with Crippen molar-refractivity contribution in [1.29, 1.82) is 0 Å². The molecule has 0 unspecified atom stereocenters. The number of rotatable bonds is 6. The lowest BCUT2D eigenvalue weighted by atomic mass is 10.1. The van der Waals surface area contributed by atoms with E-state index in [0.717, 1.165) is 5.56 Å². The fourth-order valence-electron chi connectivity index (χ4n) is 2.90. The van der Waals surface area contributed by atoms with E-state index in [0.29, 0.717) is 16.8 Å². The van der Waals surface area contributed by atoms with Gasteiger partial charge in [0, 0.05) is 0 Å². The van der Waals surface area contributed by atoms with E-state index in [1.54, 1.807) is 42.5 Å². The molecule has 0 aliphatic rings. The minimum Gasteiger partial charge on any atom is -0.345 e. The second-order valence-corrected chi connectivity index (χ2v) is 6.47. The molecule has 3 aromatic carbocycles. The SMILES string of the molecule is C[C@H](NC(=O)c1ccccc1NC(=O)Cc1ccccc1F)c1ccccc1. The zero-order chi connectivity index (χ0) is 19.9. The van der Waals surface area contributed by atoms with E-state index in [4.69, 9.17) is 0 Å². The molecule has 0 aliphatic heterocycles. The van der Waals surface area contributed by atoms with Crippen LogP contribution in [-0.2, 0) is 11.2 Å². The highest BCUT2D eigenvalue weighted by atomic mass is 19.1. The summed E-state index contributed by atoms with van der Waals surface area (Å²) in [5.41, 5.74) is 2.03. The van der Waals surface area contributed by atoms with Gasteiger partial charge in [0.05, 0.1) is 23.7 Å². The van der Waals surface area contributed by atoms with Crippen molar-refractivity contribution in [2.24, 2.45) is 0 Å². The van der Waals surface area contributed by atoms with Gasteiger partial charge in [-0.25, -0.2) is 4.39 Å². The second-order valence-electron chi connectivity index (χ2n) is 6.47. The summed E-state index contributed by atoms with van der Waals surface area (Å²) in [5, 5.41) is 5.65. The van der Waals surface area contributed by atoms with Crippen LogP contribution < -0.4 is 10.6 Å². The summed E-state index contributed by atoms with van der Waals surface area (Å²) in [6.07, 6.45) is -0.108. The van der Waals surface area contributed by atoms with Crippen LogP contribution in [0.2, 0.25) is 0 Å². The number of benzene rings is 3. The maximum Gasteiger partial charge on any atom is 0.253 e. The average Bonchev–Trinajstić information content (AvgIpc) is 2.70. The molecule has 0 radical (unpaired) electrons. The van der Waals surface area contributed by atoms with Crippen molar-refractivity contribution < 1.29 is 14.0 Å². The minimum atomic E-state index is -0.430. The Morgan fingerprint density at radius 2 is 1.54 bits per heavy atom. The van der Waals surface area contributed by atoms with Crippen LogP contribution in [0.3, 0.4) is 0 Å². The van der Waals surface area contributed by atoms with Crippen LogP contribution in [-0.4, -0.2) is 11.8 Å². The first-order chi connectivity index (χ1) is 13.5. The number of carbonyl (C=O) groups is 2. The molecule has 0 heterocycles. The van der Waals surface area contributed by atoms with Crippen molar-refractivity contribution in [3.8, 4) is 0 Å². The molecule has 0 bridgehead atoms. The lowest BCUT2D eigenvalue weighted by Crippen LogP contribution is -2.28. The van der Waals surface area contributed by atoms with Crippen LogP contribution in [0.5, 0.6) is 0 Å². The summed E-state index contributed by atoms with van der Waals surface area (Å²) in [7, 11) is 0. The summed E-state index contributed by atoms with van der Waals surface area (Å²) >= 11 is 0. The molecule has 0 spiro atoms. The maximum absolute atomic E-state index is 13.8. The summed E-state index contributed by atoms with van der Waals surface area (Å²) in [4.78, 5) is 25.1. The molecule has 2 amide bonds. The number of para-hydroxylation sites is 1. The van der Waals surface area contributed by atoms with E-state index in [1.165, 1.54) is 6.07 Å². The van der Waals surface area contributed by atoms with Crippen molar-refractivity contribution in [2.45, 2.75) is 19.4 Å². The molecule has 0 saturated heterocycles. The van der Waals surface area contributed by atoms with Crippen molar-refractivity contribution in [2.75, 3.05) is 5.32 Å². The van der Waals surface area contributed by atoms with Gasteiger partial charge in [0.15, 0.2) is 0 Å².